The van der Waals surface area contributed by atoms with Crippen LogP contribution in [-0.4, -0.2) is 15.9 Å². The van der Waals surface area contributed by atoms with Crippen molar-refractivity contribution in [2.24, 2.45) is 0 Å². The van der Waals surface area contributed by atoms with E-state index in [4.69, 9.17) is 0 Å². The highest BCUT2D eigenvalue weighted by Crippen LogP contribution is 2.33. The number of thiazole rings is 1. The maximum absolute atomic E-state index is 12.8. The van der Waals surface area contributed by atoms with Crippen LogP contribution in [0.5, 0.6) is 0 Å². The van der Waals surface area contributed by atoms with Crippen LogP contribution in [0.4, 0.5) is 13.2 Å². The molecule has 0 bridgehead atoms. The Hall–Kier alpha value is -2.74. The first-order valence-corrected chi connectivity index (χ1v) is 8.57. The molecule has 134 valence electrons. The molecule has 2 heterocycles. The van der Waals surface area contributed by atoms with E-state index >= 15 is 0 Å². The van der Waals surface area contributed by atoms with Crippen molar-refractivity contribution in [3.05, 3.63) is 71.0 Å². The average Bonchev–Trinajstić information content (AvgIpc) is 3.12. The minimum absolute atomic E-state index is 0.158. The fourth-order valence-electron chi connectivity index (χ4n) is 2.32. The third-order valence-corrected chi connectivity index (χ3v) is 4.54. The summed E-state index contributed by atoms with van der Waals surface area (Å²) < 4.78 is 38.5. The van der Waals surface area contributed by atoms with Gasteiger partial charge in [-0.3, -0.25) is 9.78 Å². The molecule has 3 rings (SSSR count). The van der Waals surface area contributed by atoms with Gasteiger partial charge in [-0.2, -0.15) is 13.2 Å². The first-order chi connectivity index (χ1) is 12.3. The van der Waals surface area contributed by atoms with E-state index in [9.17, 15) is 18.0 Å². The van der Waals surface area contributed by atoms with Gasteiger partial charge in [-0.05, 0) is 31.2 Å². The fraction of sp³-hybridized carbons (Fsp3) is 0.167. The summed E-state index contributed by atoms with van der Waals surface area (Å²) in [5, 5.41) is 4.65. The van der Waals surface area contributed by atoms with Gasteiger partial charge < -0.3 is 5.32 Å². The normalized spacial score (nSPS) is 12.6. The summed E-state index contributed by atoms with van der Waals surface area (Å²) in [5.41, 5.74) is 0.431. The van der Waals surface area contributed by atoms with Gasteiger partial charge in [0.05, 0.1) is 17.3 Å². The van der Waals surface area contributed by atoms with Crippen molar-refractivity contribution in [1.82, 2.24) is 15.3 Å². The summed E-state index contributed by atoms with van der Waals surface area (Å²) in [7, 11) is 0. The highest BCUT2D eigenvalue weighted by atomic mass is 32.1. The molecule has 1 N–H and O–H groups in total. The SMILES string of the molecule is CC(NC(=O)c1csc(-c2cccc(C(F)(F)F)c2)n1)c1ccccn1. The number of alkyl halides is 3. The molecule has 0 fully saturated rings. The number of carbonyl (C=O) groups excluding carboxylic acids is 1. The third kappa shape index (κ3) is 4.08. The molecule has 0 aliphatic heterocycles. The lowest BCUT2D eigenvalue weighted by Gasteiger charge is -2.12. The highest BCUT2D eigenvalue weighted by Gasteiger charge is 2.30. The molecule has 4 nitrogen and oxygen atoms in total. The Morgan fingerprint density at radius 3 is 2.69 bits per heavy atom. The Bertz CT molecular complexity index is 909. The van der Waals surface area contributed by atoms with Gasteiger partial charge in [0.2, 0.25) is 0 Å². The van der Waals surface area contributed by atoms with Crippen LogP contribution in [0.25, 0.3) is 10.6 Å². The summed E-state index contributed by atoms with van der Waals surface area (Å²) in [6.45, 7) is 1.79. The second-order valence-corrected chi connectivity index (χ2v) is 6.42. The fourth-order valence-corrected chi connectivity index (χ4v) is 3.11. The van der Waals surface area contributed by atoms with Crippen LogP contribution in [0.1, 0.15) is 34.7 Å². The molecule has 0 radical (unpaired) electrons. The Morgan fingerprint density at radius 1 is 1.19 bits per heavy atom. The molecule has 1 atom stereocenters. The van der Waals surface area contributed by atoms with Crippen molar-refractivity contribution in [2.45, 2.75) is 19.1 Å². The van der Waals surface area contributed by atoms with Crippen molar-refractivity contribution < 1.29 is 18.0 Å². The number of benzene rings is 1. The maximum Gasteiger partial charge on any atom is 0.416 e. The van der Waals surface area contributed by atoms with Gasteiger partial charge in [0, 0.05) is 17.1 Å². The number of hydrogen-bond donors (Lipinski definition) is 1. The minimum Gasteiger partial charge on any atom is -0.343 e. The average molecular weight is 377 g/mol. The highest BCUT2D eigenvalue weighted by molar-refractivity contribution is 7.13. The van der Waals surface area contributed by atoms with Crippen molar-refractivity contribution in [3.63, 3.8) is 0 Å². The van der Waals surface area contributed by atoms with E-state index < -0.39 is 17.6 Å². The van der Waals surface area contributed by atoms with E-state index in [1.165, 1.54) is 17.5 Å². The molecule has 0 aliphatic rings. The number of carbonyl (C=O) groups is 1. The number of amides is 1. The summed E-state index contributed by atoms with van der Waals surface area (Å²) in [6.07, 6.45) is -2.79. The van der Waals surface area contributed by atoms with Gasteiger partial charge in [0.25, 0.3) is 5.91 Å². The Kier molecular flexibility index (Phi) is 5.03. The summed E-state index contributed by atoms with van der Waals surface area (Å²) >= 11 is 1.12. The standard InChI is InChI=1S/C18H14F3N3OS/c1-11(14-7-2-3-8-22-14)23-16(25)15-10-26-17(24-15)12-5-4-6-13(9-12)18(19,20)21/h2-11H,1H3,(H,23,25). The molecule has 26 heavy (non-hydrogen) atoms. The monoisotopic (exact) mass is 377 g/mol. The Labute approximate surface area is 151 Å². The van der Waals surface area contributed by atoms with E-state index in [-0.39, 0.29) is 11.7 Å². The molecular weight excluding hydrogens is 363 g/mol. The first kappa shape index (κ1) is 18.1. The second-order valence-electron chi connectivity index (χ2n) is 5.57. The van der Waals surface area contributed by atoms with Crippen molar-refractivity contribution >= 4 is 17.2 Å². The Morgan fingerprint density at radius 2 is 2.00 bits per heavy atom. The predicted octanol–water partition coefficient (Wildman–Crippen LogP) is 4.71. The molecule has 3 aromatic rings. The van der Waals surface area contributed by atoms with Crippen LogP contribution in [0.15, 0.2) is 54.0 Å². The Balaban J connectivity index is 1.76. The lowest BCUT2D eigenvalue weighted by molar-refractivity contribution is -0.137. The summed E-state index contributed by atoms with van der Waals surface area (Å²) in [6, 6.07) is 9.95. The number of pyridine rings is 1. The van der Waals surface area contributed by atoms with Crippen LogP contribution in [0.2, 0.25) is 0 Å². The molecule has 0 spiro atoms. The first-order valence-electron chi connectivity index (χ1n) is 7.69. The zero-order valence-electron chi connectivity index (χ0n) is 13.6. The predicted molar refractivity (Wildman–Crippen MR) is 92.7 cm³/mol. The van der Waals surface area contributed by atoms with Gasteiger partial charge in [-0.15, -0.1) is 11.3 Å². The molecular formula is C18H14F3N3OS. The number of halogens is 3. The molecule has 1 amide bonds. The largest absolute Gasteiger partial charge is 0.416 e. The van der Waals surface area contributed by atoms with E-state index in [0.29, 0.717) is 16.3 Å². The number of hydrogen-bond acceptors (Lipinski definition) is 4. The van der Waals surface area contributed by atoms with Crippen molar-refractivity contribution in [2.75, 3.05) is 0 Å². The lowest BCUT2D eigenvalue weighted by atomic mass is 10.1. The molecule has 0 saturated carbocycles. The molecule has 2 aromatic heterocycles. The van der Waals surface area contributed by atoms with Gasteiger partial charge in [-0.25, -0.2) is 4.98 Å². The van der Waals surface area contributed by atoms with Crippen LogP contribution in [0.3, 0.4) is 0 Å². The van der Waals surface area contributed by atoms with Crippen molar-refractivity contribution in [1.29, 1.82) is 0 Å². The number of nitrogens with zero attached hydrogens (tertiary/aromatic N) is 2. The third-order valence-electron chi connectivity index (χ3n) is 3.65. The second kappa shape index (κ2) is 7.25. The zero-order valence-corrected chi connectivity index (χ0v) is 14.4. The molecule has 1 aromatic carbocycles. The zero-order chi connectivity index (χ0) is 18.7. The van der Waals surface area contributed by atoms with Crippen LogP contribution in [0, 0.1) is 0 Å². The van der Waals surface area contributed by atoms with E-state index in [1.54, 1.807) is 25.3 Å². The number of rotatable bonds is 4. The molecule has 8 heteroatoms. The van der Waals surface area contributed by atoms with Crippen molar-refractivity contribution in [3.8, 4) is 10.6 Å². The quantitative estimate of drug-likeness (QED) is 0.716. The van der Waals surface area contributed by atoms with Gasteiger partial charge >= 0.3 is 6.18 Å². The number of nitrogens with one attached hydrogen (secondary N) is 1. The molecule has 1 unspecified atom stereocenters. The van der Waals surface area contributed by atoms with Gasteiger partial charge in [0.1, 0.15) is 10.7 Å². The van der Waals surface area contributed by atoms with E-state index in [0.717, 1.165) is 23.5 Å². The summed E-state index contributed by atoms with van der Waals surface area (Å²) in [5.74, 6) is -0.405. The summed E-state index contributed by atoms with van der Waals surface area (Å²) in [4.78, 5) is 20.7. The topological polar surface area (TPSA) is 54.9 Å². The van der Waals surface area contributed by atoms with Crippen LogP contribution in [-0.2, 0) is 6.18 Å². The minimum atomic E-state index is -4.43. The number of aromatic nitrogens is 2. The van der Waals surface area contributed by atoms with Gasteiger partial charge in [-0.1, -0.05) is 18.2 Å². The van der Waals surface area contributed by atoms with E-state index in [2.05, 4.69) is 15.3 Å². The van der Waals surface area contributed by atoms with Crippen LogP contribution < -0.4 is 5.32 Å². The lowest BCUT2D eigenvalue weighted by Crippen LogP contribution is -2.27. The maximum atomic E-state index is 12.8. The van der Waals surface area contributed by atoms with E-state index in [1.807, 2.05) is 6.07 Å². The van der Waals surface area contributed by atoms with Gasteiger partial charge in [0.15, 0.2) is 0 Å². The smallest absolute Gasteiger partial charge is 0.343 e. The molecule has 0 saturated heterocycles. The van der Waals surface area contributed by atoms with Crippen LogP contribution >= 0.6 is 11.3 Å². The molecule has 0 aliphatic carbocycles.